The number of hydrogen-bond donors (Lipinski definition) is 2. The van der Waals surface area contributed by atoms with E-state index in [9.17, 15) is 10.2 Å². The Balaban J connectivity index is 1.99. The predicted octanol–water partition coefficient (Wildman–Crippen LogP) is 4.53. The van der Waals surface area contributed by atoms with E-state index in [0.29, 0.717) is 17.2 Å². The minimum Gasteiger partial charge on any atom is -0.508 e. The lowest BCUT2D eigenvalue weighted by molar-refractivity contribution is 0.444. The molecule has 2 aromatic carbocycles. The Hall–Kier alpha value is -3.67. The zero-order valence-corrected chi connectivity index (χ0v) is 15.6. The predicted molar refractivity (Wildman–Crippen MR) is 107 cm³/mol. The second-order valence-corrected chi connectivity index (χ2v) is 6.84. The van der Waals surface area contributed by atoms with Crippen LogP contribution in [0.5, 0.6) is 11.5 Å². The van der Waals surface area contributed by atoms with E-state index in [1.807, 2.05) is 60.9 Å². The summed E-state index contributed by atoms with van der Waals surface area (Å²) in [6.07, 6.45) is 3.43. The van der Waals surface area contributed by atoms with Crippen molar-refractivity contribution in [1.29, 1.82) is 0 Å². The number of phenols is 2. The molecule has 0 saturated heterocycles. The molecule has 0 atom stereocenters. The molecule has 4 rings (SSSR count). The summed E-state index contributed by atoms with van der Waals surface area (Å²) >= 11 is 0. The Morgan fingerprint density at radius 2 is 1.61 bits per heavy atom. The van der Waals surface area contributed by atoms with Crippen molar-refractivity contribution in [2.75, 3.05) is 0 Å². The first-order chi connectivity index (χ1) is 13.6. The van der Waals surface area contributed by atoms with Crippen molar-refractivity contribution in [2.45, 2.75) is 19.8 Å². The maximum absolute atomic E-state index is 10.5. The van der Waals surface area contributed by atoms with Crippen LogP contribution in [0.1, 0.15) is 25.3 Å². The fourth-order valence-electron chi connectivity index (χ4n) is 3.20. The Kier molecular flexibility index (Phi) is 4.53. The molecular weight excluding hydrogens is 352 g/mol. The molecule has 2 aromatic heterocycles. The monoisotopic (exact) mass is 372 g/mol. The van der Waals surface area contributed by atoms with Gasteiger partial charge in [0.2, 0.25) is 0 Å². The molecular formula is C22H20N4O2. The van der Waals surface area contributed by atoms with Gasteiger partial charge < -0.3 is 10.2 Å². The van der Waals surface area contributed by atoms with Crippen LogP contribution in [0.4, 0.5) is 0 Å². The second-order valence-electron chi connectivity index (χ2n) is 6.84. The van der Waals surface area contributed by atoms with Crippen LogP contribution < -0.4 is 0 Å². The van der Waals surface area contributed by atoms with Crippen LogP contribution in [0, 0.1) is 0 Å². The number of benzene rings is 2. The van der Waals surface area contributed by atoms with Gasteiger partial charge in [-0.25, -0.2) is 0 Å². The molecule has 0 radical (unpaired) electrons. The van der Waals surface area contributed by atoms with E-state index in [-0.39, 0.29) is 17.4 Å². The van der Waals surface area contributed by atoms with Crippen LogP contribution in [0.3, 0.4) is 0 Å². The molecule has 0 aliphatic rings. The number of para-hydroxylation sites is 1. The Morgan fingerprint density at radius 1 is 0.857 bits per heavy atom. The first-order valence-electron chi connectivity index (χ1n) is 9.03. The summed E-state index contributed by atoms with van der Waals surface area (Å²) in [7, 11) is 0. The molecule has 0 aliphatic heterocycles. The normalized spacial score (nSPS) is 11.1. The molecule has 0 bridgehead atoms. The van der Waals surface area contributed by atoms with Gasteiger partial charge in [0.1, 0.15) is 11.5 Å². The van der Waals surface area contributed by atoms with Crippen LogP contribution in [0.2, 0.25) is 0 Å². The standard InChI is InChI=1S/C22H20N4O2/c1-14(2)17-11-18(20(28)12-19(17)27)22-25-24-21(15-7-6-10-23-13-15)26(22)16-8-4-3-5-9-16/h3-14,27-28H,1-2H3. The molecule has 2 N–H and O–H groups in total. The zero-order chi connectivity index (χ0) is 19.7. The number of aromatic hydroxyl groups is 2. The minimum atomic E-state index is -0.0517. The van der Waals surface area contributed by atoms with Gasteiger partial charge in [-0.15, -0.1) is 10.2 Å². The van der Waals surface area contributed by atoms with Crippen molar-refractivity contribution in [3.8, 4) is 40.0 Å². The van der Waals surface area contributed by atoms with E-state index in [2.05, 4.69) is 15.2 Å². The Morgan fingerprint density at radius 3 is 2.29 bits per heavy atom. The second kappa shape index (κ2) is 7.15. The third kappa shape index (κ3) is 3.09. The van der Waals surface area contributed by atoms with Crippen LogP contribution >= 0.6 is 0 Å². The van der Waals surface area contributed by atoms with Crippen LogP contribution in [0.15, 0.2) is 67.0 Å². The maximum Gasteiger partial charge on any atom is 0.172 e. The van der Waals surface area contributed by atoms with E-state index in [1.165, 1.54) is 6.07 Å². The molecule has 28 heavy (non-hydrogen) atoms. The van der Waals surface area contributed by atoms with Gasteiger partial charge in [0.05, 0.1) is 5.56 Å². The van der Waals surface area contributed by atoms with Gasteiger partial charge in [0, 0.05) is 29.7 Å². The number of phenolic OH excluding ortho intramolecular Hbond substituents is 2. The lowest BCUT2D eigenvalue weighted by Gasteiger charge is -2.14. The van der Waals surface area contributed by atoms with Crippen LogP contribution in [0.25, 0.3) is 28.5 Å². The summed E-state index contributed by atoms with van der Waals surface area (Å²) in [6, 6.07) is 16.6. The number of hydrogen-bond acceptors (Lipinski definition) is 5. The van der Waals surface area contributed by atoms with Gasteiger partial charge in [0.25, 0.3) is 0 Å². The topological polar surface area (TPSA) is 84.1 Å². The summed E-state index contributed by atoms with van der Waals surface area (Å²) in [4.78, 5) is 4.18. The van der Waals surface area contributed by atoms with Gasteiger partial charge in [0.15, 0.2) is 11.6 Å². The van der Waals surface area contributed by atoms with Gasteiger partial charge in [-0.2, -0.15) is 0 Å². The van der Waals surface area contributed by atoms with E-state index in [0.717, 1.165) is 16.8 Å². The van der Waals surface area contributed by atoms with Crippen molar-refractivity contribution in [2.24, 2.45) is 0 Å². The third-order valence-electron chi connectivity index (χ3n) is 4.61. The summed E-state index contributed by atoms with van der Waals surface area (Å²) < 4.78 is 1.88. The first kappa shape index (κ1) is 17.7. The molecule has 0 unspecified atom stereocenters. The van der Waals surface area contributed by atoms with Crippen molar-refractivity contribution in [3.05, 3.63) is 72.6 Å². The lowest BCUT2D eigenvalue weighted by atomic mass is 9.98. The van der Waals surface area contributed by atoms with Gasteiger partial charge in [-0.3, -0.25) is 9.55 Å². The number of rotatable bonds is 4. The van der Waals surface area contributed by atoms with Crippen molar-refractivity contribution in [3.63, 3.8) is 0 Å². The average Bonchev–Trinajstić information content (AvgIpc) is 3.14. The minimum absolute atomic E-state index is 0.0517. The molecule has 4 aromatic rings. The molecule has 6 heteroatoms. The highest BCUT2D eigenvalue weighted by Crippen LogP contribution is 2.39. The zero-order valence-electron chi connectivity index (χ0n) is 15.6. The Labute approximate surface area is 162 Å². The van der Waals surface area contributed by atoms with E-state index >= 15 is 0 Å². The smallest absolute Gasteiger partial charge is 0.172 e. The largest absolute Gasteiger partial charge is 0.508 e. The third-order valence-corrected chi connectivity index (χ3v) is 4.61. The van der Waals surface area contributed by atoms with Crippen LogP contribution in [-0.2, 0) is 0 Å². The number of aromatic nitrogens is 4. The fraction of sp³-hybridized carbons (Fsp3) is 0.136. The molecule has 140 valence electrons. The quantitative estimate of drug-likeness (QED) is 0.550. The van der Waals surface area contributed by atoms with Gasteiger partial charge in [-0.05, 0) is 41.8 Å². The van der Waals surface area contributed by atoms with Crippen molar-refractivity contribution < 1.29 is 10.2 Å². The fourth-order valence-corrected chi connectivity index (χ4v) is 3.20. The van der Waals surface area contributed by atoms with Crippen LogP contribution in [-0.4, -0.2) is 30.0 Å². The summed E-state index contributed by atoms with van der Waals surface area (Å²) in [5, 5.41) is 29.5. The summed E-state index contributed by atoms with van der Waals surface area (Å²) in [6.45, 7) is 3.97. The highest BCUT2D eigenvalue weighted by molar-refractivity contribution is 5.72. The number of pyridine rings is 1. The molecule has 0 aliphatic carbocycles. The average molecular weight is 372 g/mol. The molecule has 0 saturated carbocycles. The van der Waals surface area contributed by atoms with E-state index < -0.39 is 0 Å². The number of nitrogens with zero attached hydrogens (tertiary/aromatic N) is 4. The first-order valence-corrected chi connectivity index (χ1v) is 9.03. The maximum atomic E-state index is 10.5. The molecule has 6 nitrogen and oxygen atoms in total. The van der Waals surface area contributed by atoms with Gasteiger partial charge >= 0.3 is 0 Å². The molecule has 0 spiro atoms. The lowest BCUT2D eigenvalue weighted by Crippen LogP contribution is -2.01. The highest BCUT2D eigenvalue weighted by atomic mass is 16.3. The van der Waals surface area contributed by atoms with E-state index in [1.54, 1.807) is 18.5 Å². The Bertz CT molecular complexity index is 1110. The molecule has 2 heterocycles. The summed E-state index contributed by atoms with van der Waals surface area (Å²) in [5.41, 5.74) is 2.92. The SMILES string of the molecule is CC(C)c1cc(-c2nnc(-c3cccnc3)n2-c2ccccc2)c(O)cc1O. The van der Waals surface area contributed by atoms with Crippen molar-refractivity contribution in [1.82, 2.24) is 19.7 Å². The van der Waals surface area contributed by atoms with Gasteiger partial charge in [-0.1, -0.05) is 32.0 Å². The highest BCUT2D eigenvalue weighted by Gasteiger charge is 2.21. The van der Waals surface area contributed by atoms with Crippen molar-refractivity contribution >= 4 is 0 Å². The summed E-state index contributed by atoms with van der Waals surface area (Å²) in [5.74, 6) is 1.21. The van der Waals surface area contributed by atoms with E-state index in [4.69, 9.17) is 0 Å². The molecule has 0 fully saturated rings. The molecule has 0 amide bonds.